The van der Waals surface area contributed by atoms with E-state index in [0.717, 1.165) is 75.9 Å². The van der Waals surface area contributed by atoms with Gasteiger partial charge in [0.25, 0.3) is 0 Å². The molecule has 2 rings (SSSR count). The molecule has 2 unspecified atom stereocenters. The number of thiol groups is 2. The summed E-state index contributed by atoms with van der Waals surface area (Å²) in [5, 5.41) is 29.0. The third-order valence-corrected chi connectivity index (χ3v) is 7.03. The monoisotopic (exact) mass is 454 g/mol. The van der Waals surface area contributed by atoms with Crippen LogP contribution in [0.5, 0.6) is 0 Å². The number of rotatable bonds is 15. The maximum atomic E-state index is 4.84. The average molecular weight is 455 g/mol. The van der Waals surface area contributed by atoms with Gasteiger partial charge in [-0.05, 0) is 83.1 Å². The van der Waals surface area contributed by atoms with Crippen molar-refractivity contribution in [2.75, 3.05) is 0 Å². The molecule has 8 nitrogen and oxygen atoms in total. The predicted molar refractivity (Wildman–Crippen MR) is 126 cm³/mol. The number of hydrogen-bond donors (Lipinski definition) is 4. The standard InChI is InChI=1S/C20H38N8S2/c1-19(2,13-9-17-21-25-26-22-17)11-7-15(29)5-6-16(30)8-12-20(3,4)14-10-18-23-27-28-24-18/h15-16,29-30H,5-14H2,1-4H3,(H,21,22,25,26)(H,23,24,27,28). The summed E-state index contributed by atoms with van der Waals surface area (Å²) >= 11 is 9.69. The number of hydrogen-bond acceptors (Lipinski definition) is 8. The Bertz CT molecular complexity index is 627. The second-order valence-corrected chi connectivity index (χ2v) is 11.4. The van der Waals surface area contributed by atoms with E-state index in [1.807, 2.05) is 0 Å². The summed E-state index contributed by atoms with van der Waals surface area (Å²) in [5.74, 6) is 1.73. The minimum absolute atomic E-state index is 0.261. The Labute approximate surface area is 191 Å². The molecule has 0 fully saturated rings. The van der Waals surface area contributed by atoms with Crippen LogP contribution in [0.25, 0.3) is 0 Å². The molecule has 2 aromatic heterocycles. The zero-order valence-electron chi connectivity index (χ0n) is 18.8. The van der Waals surface area contributed by atoms with Gasteiger partial charge in [-0.3, -0.25) is 0 Å². The molecule has 10 heteroatoms. The highest BCUT2D eigenvalue weighted by Gasteiger charge is 2.22. The fraction of sp³-hybridized carbons (Fsp3) is 0.900. The summed E-state index contributed by atoms with van der Waals surface area (Å²) in [7, 11) is 0. The first-order chi connectivity index (χ1) is 14.2. The SMILES string of the molecule is CC(C)(CCc1nnn[nH]1)CCC(S)CCC(S)CCC(C)(C)CCc1nnn[nH]1. The van der Waals surface area contributed by atoms with Crippen molar-refractivity contribution in [3.63, 3.8) is 0 Å². The summed E-state index contributed by atoms with van der Waals surface area (Å²) in [6.07, 6.45) is 10.7. The lowest BCUT2D eigenvalue weighted by molar-refractivity contribution is 0.289. The molecule has 0 amide bonds. The lowest BCUT2D eigenvalue weighted by Gasteiger charge is -2.27. The van der Waals surface area contributed by atoms with Crippen molar-refractivity contribution in [2.45, 2.75) is 102 Å². The molecule has 170 valence electrons. The third-order valence-electron chi connectivity index (χ3n) is 6.00. The van der Waals surface area contributed by atoms with Gasteiger partial charge in [0.05, 0.1) is 0 Å². The molecule has 0 spiro atoms. The molecule has 30 heavy (non-hydrogen) atoms. The van der Waals surface area contributed by atoms with E-state index in [2.05, 4.69) is 68.9 Å². The number of nitrogens with one attached hydrogen (secondary N) is 2. The Hall–Kier alpha value is -1.16. The summed E-state index contributed by atoms with van der Waals surface area (Å²) in [6, 6.07) is 0. The minimum atomic E-state index is 0.261. The predicted octanol–water partition coefficient (Wildman–Crippen LogP) is 4.27. The molecule has 0 saturated carbocycles. The largest absolute Gasteiger partial charge is 0.243 e. The fourth-order valence-electron chi connectivity index (χ4n) is 3.52. The first kappa shape index (κ1) is 25.1. The maximum Gasteiger partial charge on any atom is 0.148 e. The summed E-state index contributed by atoms with van der Waals surface area (Å²) < 4.78 is 0. The molecule has 0 radical (unpaired) electrons. The summed E-state index contributed by atoms with van der Waals surface area (Å²) in [4.78, 5) is 0. The van der Waals surface area contributed by atoms with Gasteiger partial charge in [0.2, 0.25) is 0 Å². The van der Waals surface area contributed by atoms with Crippen molar-refractivity contribution in [3.05, 3.63) is 11.6 Å². The topological polar surface area (TPSA) is 109 Å². The molecule has 0 bridgehead atoms. The highest BCUT2D eigenvalue weighted by molar-refractivity contribution is 7.81. The number of H-pyrrole nitrogens is 2. The van der Waals surface area contributed by atoms with Crippen LogP contribution >= 0.6 is 25.3 Å². The van der Waals surface area contributed by atoms with Crippen molar-refractivity contribution < 1.29 is 0 Å². The van der Waals surface area contributed by atoms with Crippen molar-refractivity contribution in [3.8, 4) is 0 Å². The van der Waals surface area contributed by atoms with E-state index in [0.29, 0.717) is 10.5 Å². The van der Waals surface area contributed by atoms with Crippen LogP contribution < -0.4 is 0 Å². The Morgan fingerprint density at radius 3 is 1.40 bits per heavy atom. The minimum Gasteiger partial charge on any atom is -0.243 e. The smallest absolute Gasteiger partial charge is 0.148 e. The molecule has 0 saturated heterocycles. The van der Waals surface area contributed by atoms with Gasteiger partial charge >= 0.3 is 0 Å². The van der Waals surface area contributed by atoms with Crippen molar-refractivity contribution in [1.82, 2.24) is 41.2 Å². The van der Waals surface area contributed by atoms with E-state index in [1.165, 1.54) is 0 Å². The Morgan fingerprint density at radius 2 is 1.07 bits per heavy atom. The van der Waals surface area contributed by atoms with Crippen molar-refractivity contribution in [2.24, 2.45) is 10.8 Å². The third kappa shape index (κ3) is 10.2. The van der Waals surface area contributed by atoms with E-state index >= 15 is 0 Å². The zero-order chi connectivity index (χ0) is 22.0. The van der Waals surface area contributed by atoms with Crippen LogP contribution in [0, 0.1) is 10.8 Å². The summed E-state index contributed by atoms with van der Waals surface area (Å²) in [6.45, 7) is 9.26. The highest BCUT2D eigenvalue weighted by atomic mass is 32.1. The molecule has 2 atom stereocenters. The van der Waals surface area contributed by atoms with Crippen molar-refractivity contribution in [1.29, 1.82) is 0 Å². The first-order valence-corrected chi connectivity index (χ1v) is 12.0. The van der Waals surface area contributed by atoms with Crippen molar-refractivity contribution >= 4 is 25.3 Å². The lowest BCUT2D eigenvalue weighted by Crippen LogP contribution is -2.17. The average Bonchev–Trinajstić information content (AvgIpc) is 3.40. The van der Waals surface area contributed by atoms with Gasteiger partial charge in [0, 0.05) is 23.3 Å². The highest BCUT2D eigenvalue weighted by Crippen LogP contribution is 2.32. The van der Waals surface area contributed by atoms with E-state index in [9.17, 15) is 0 Å². The van der Waals surface area contributed by atoms with Gasteiger partial charge < -0.3 is 0 Å². The number of tetrazole rings is 2. The number of aromatic nitrogens is 8. The van der Waals surface area contributed by atoms with Crippen LogP contribution in [0.3, 0.4) is 0 Å². The summed E-state index contributed by atoms with van der Waals surface area (Å²) in [5.41, 5.74) is 0.522. The second-order valence-electron chi connectivity index (χ2n) is 9.99. The molecule has 0 aliphatic heterocycles. The van der Waals surface area contributed by atoms with Gasteiger partial charge in [-0.15, -0.1) is 10.2 Å². The van der Waals surface area contributed by atoms with Crippen LogP contribution in [0.4, 0.5) is 0 Å². The van der Waals surface area contributed by atoms with Crippen LogP contribution in [0.2, 0.25) is 0 Å². The van der Waals surface area contributed by atoms with E-state index < -0.39 is 0 Å². The molecule has 0 aliphatic rings. The number of nitrogens with zero attached hydrogens (tertiary/aromatic N) is 6. The molecule has 0 aliphatic carbocycles. The maximum absolute atomic E-state index is 4.84. The first-order valence-electron chi connectivity index (χ1n) is 11.0. The quantitative estimate of drug-likeness (QED) is 0.299. The Morgan fingerprint density at radius 1 is 0.667 bits per heavy atom. The van der Waals surface area contributed by atoms with Gasteiger partial charge in [-0.2, -0.15) is 25.3 Å². The van der Waals surface area contributed by atoms with Gasteiger partial charge in [-0.25, -0.2) is 10.2 Å². The van der Waals surface area contributed by atoms with E-state index in [-0.39, 0.29) is 10.8 Å². The van der Waals surface area contributed by atoms with E-state index in [4.69, 9.17) is 25.3 Å². The molecular formula is C20H38N8S2. The number of aryl methyl sites for hydroxylation is 2. The number of aromatic amines is 2. The normalized spacial score (nSPS) is 14.7. The lowest BCUT2D eigenvalue weighted by atomic mass is 9.81. The van der Waals surface area contributed by atoms with Gasteiger partial charge in [-0.1, -0.05) is 27.7 Å². The van der Waals surface area contributed by atoms with Crippen LogP contribution in [-0.4, -0.2) is 51.7 Å². The van der Waals surface area contributed by atoms with Gasteiger partial charge in [0.15, 0.2) is 0 Å². The Balaban J connectivity index is 1.58. The van der Waals surface area contributed by atoms with Crippen LogP contribution in [0.15, 0.2) is 0 Å². The fourth-order valence-corrected chi connectivity index (χ4v) is 4.08. The molecule has 0 aromatic carbocycles. The van der Waals surface area contributed by atoms with Crippen LogP contribution in [-0.2, 0) is 12.8 Å². The second kappa shape index (κ2) is 12.0. The van der Waals surface area contributed by atoms with E-state index in [1.54, 1.807) is 0 Å². The molecule has 2 aromatic rings. The molecule has 2 N–H and O–H groups in total. The zero-order valence-corrected chi connectivity index (χ0v) is 20.6. The van der Waals surface area contributed by atoms with Gasteiger partial charge in [0.1, 0.15) is 11.6 Å². The Kier molecular flexibility index (Phi) is 10.1. The molecular weight excluding hydrogens is 416 g/mol. The molecule has 2 heterocycles. The van der Waals surface area contributed by atoms with Crippen LogP contribution in [0.1, 0.15) is 90.7 Å².